The van der Waals surface area contributed by atoms with Gasteiger partial charge >= 0.3 is 13.6 Å². The van der Waals surface area contributed by atoms with Gasteiger partial charge in [-0.3, -0.25) is 4.52 Å². The van der Waals surface area contributed by atoms with Crippen LogP contribution < -0.4 is 4.52 Å². The number of para-hydroxylation sites is 1. The molecule has 0 radical (unpaired) electrons. The lowest BCUT2D eigenvalue weighted by molar-refractivity contribution is -0.150. The lowest BCUT2D eigenvalue weighted by Crippen LogP contribution is -2.24. The van der Waals surface area contributed by atoms with Gasteiger partial charge in [0.2, 0.25) is 0 Å². The molecule has 1 saturated carbocycles. The molecule has 1 aliphatic rings. The second kappa shape index (κ2) is 7.12. The minimum atomic E-state index is -3.48. The summed E-state index contributed by atoms with van der Waals surface area (Å²) in [7, 11) is -3.48. The molecule has 0 bridgehead atoms. The Balaban J connectivity index is 2.14. The van der Waals surface area contributed by atoms with E-state index in [4.69, 9.17) is 13.8 Å². The number of rotatable bonds is 8. The maximum Gasteiger partial charge on any atom is 0.383 e. The Hall–Kier alpha value is -1.58. The lowest BCUT2D eigenvalue weighted by Gasteiger charge is -2.22. The molecule has 0 spiro atoms. The van der Waals surface area contributed by atoms with Crippen LogP contribution in [0.1, 0.15) is 20.3 Å². The van der Waals surface area contributed by atoms with Crippen LogP contribution in [0.4, 0.5) is 0 Å². The largest absolute Gasteiger partial charge is 0.464 e. The first-order valence-electron chi connectivity index (χ1n) is 7.32. The summed E-state index contributed by atoms with van der Waals surface area (Å²) in [5.74, 6) is -0.00395. The zero-order valence-electron chi connectivity index (χ0n) is 12.8. The Kier molecular flexibility index (Phi) is 5.43. The van der Waals surface area contributed by atoms with Crippen LogP contribution in [0.2, 0.25) is 0 Å². The van der Waals surface area contributed by atoms with Crippen molar-refractivity contribution in [2.75, 3.05) is 6.61 Å². The van der Waals surface area contributed by atoms with Gasteiger partial charge < -0.3 is 9.26 Å². The normalized spacial score (nSPS) is 23.9. The predicted molar refractivity (Wildman–Crippen MR) is 83.9 cm³/mol. The molecule has 0 amide bonds. The summed E-state index contributed by atoms with van der Waals surface area (Å²) in [5.41, 5.74) is -0.262. The van der Waals surface area contributed by atoms with Crippen molar-refractivity contribution in [1.29, 1.82) is 0 Å². The summed E-state index contributed by atoms with van der Waals surface area (Å²) in [6.45, 7) is 7.18. The number of hydrogen-bond acceptors (Lipinski definition) is 5. The Labute approximate surface area is 130 Å². The highest BCUT2D eigenvalue weighted by Gasteiger charge is 2.53. The summed E-state index contributed by atoms with van der Waals surface area (Å²) < 4.78 is 29.2. The Morgan fingerprint density at radius 1 is 1.45 bits per heavy atom. The third kappa shape index (κ3) is 3.99. The van der Waals surface area contributed by atoms with Gasteiger partial charge in [0.1, 0.15) is 5.75 Å². The fourth-order valence-corrected chi connectivity index (χ4v) is 4.51. The van der Waals surface area contributed by atoms with Crippen LogP contribution in [0.25, 0.3) is 0 Å². The summed E-state index contributed by atoms with van der Waals surface area (Å²) >= 11 is 0. The predicted octanol–water partition coefficient (Wildman–Crippen LogP) is 3.80. The van der Waals surface area contributed by atoms with E-state index in [1.54, 1.807) is 37.3 Å². The fraction of sp³-hybridized carbons (Fsp3) is 0.438. The molecular formula is C16H21O5P. The molecule has 5 nitrogen and oxygen atoms in total. The standard InChI is InChI=1S/C16H21O5P/c1-4-13-11-15(13)22(18,20-12(3)16(17)19-5-2)21-14-9-7-6-8-10-14/h4,6-10,12-13,15H,1,5,11H2,2-3H3/t12-,13+,15-,22?/m0/s1. The van der Waals surface area contributed by atoms with Crippen molar-refractivity contribution in [1.82, 2.24) is 0 Å². The van der Waals surface area contributed by atoms with E-state index in [-0.39, 0.29) is 18.2 Å². The van der Waals surface area contributed by atoms with Gasteiger partial charge in [-0.2, -0.15) is 0 Å². The van der Waals surface area contributed by atoms with E-state index < -0.39 is 19.7 Å². The zero-order valence-corrected chi connectivity index (χ0v) is 13.7. The average Bonchev–Trinajstić information content (AvgIpc) is 3.28. The van der Waals surface area contributed by atoms with Gasteiger partial charge in [0, 0.05) is 0 Å². The second-order valence-electron chi connectivity index (χ2n) is 5.15. The molecule has 0 heterocycles. The van der Waals surface area contributed by atoms with Crippen molar-refractivity contribution >= 4 is 13.6 Å². The van der Waals surface area contributed by atoms with E-state index in [0.717, 1.165) is 0 Å². The Morgan fingerprint density at radius 3 is 2.68 bits per heavy atom. The van der Waals surface area contributed by atoms with Gasteiger partial charge in [-0.25, -0.2) is 9.36 Å². The zero-order chi connectivity index (χ0) is 16.2. The van der Waals surface area contributed by atoms with Crippen molar-refractivity contribution < 1.29 is 23.1 Å². The summed E-state index contributed by atoms with van der Waals surface area (Å²) in [6, 6.07) is 8.81. The van der Waals surface area contributed by atoms with Crippen molar-refractivity contribution in [2.24, 2.45) is 5.92 Å². The molecule has 4 atom stereocenters. The molecule has 1 aromatic carbocycles. The maximum atomic E-state index is 13.1. The van der Waals surface area contributed by atoms with E-state index in [0.29, 0.717) is 12.2 Å². The molecule has 0 saturated heterocycles. The molecule has 22 heavy (non-hydrogen) atoms. The topological polar surface area (TPSA) is 61.8 Å². The number of allylic oxidation sites excluding steroid dienone is 1. The smallest absolute Gasteiger partial charge is 0.383 e. The van der Waals surface area contributed by atoms with Crippen LogP contribution in [0, 0.1) is 5.92 Å². The fourth-order valence-electron chi connectivity index (χ4n) is 2.14. The first-order valence-corrected chi connectivity index (χ1v) is 8.93. The molecule has 0 aliphatic heterocycles. The van der Waals surface area contributed by atoms with E-state index >= 15 is 0 Å². The first-order chi connectivity index (χ1) is 10.5. The quantitative estimate of drug-likeness (QED) is 0.413. The molecule has 1 unspecified atom stereocenters. The molecule has 1 aromatic rings. The third-order valence-corrected chi connectivity index (χ3v) is 5.89. The van der Waals surface area contributed by atoms with Gasteiger partial charge in [-0.05, 0) is 38.3 Å². The third-order valence-electron chi connectivity index (χ3n) is 3.41. The van der Waals surface area contributed by atoms with Crippen LogP contribution in [-0.4, -0.2) is 24.3 Å². The van der Waals surface area contributed by atoms with Gasteiger partial charge in [-0.1, -0.05) is 24.3 Å². The van der Waals surface area contributed by atoms with Crippen LogP contribution >= 0.6 is 7.60 Å². The average molecular weight is 324 g/mol. The van der Waals surface area contributed by atoms with E-state index in [1.165, 1.54) is 6.92 Å². The highest BCUT2D eigenvalue weighted by atomic mass is 31.2. The minimum absolute atomic E-state index is 0.0870. The van der Waals surface area contributed by atoms with Crippen LogP contribution in [0.5, 0.6) is 5.75 Å². The number of ether oxygens (including phenoxy) is 1. The lowest BCUT2D eigenvalue weighted by atomic mass is 10.3. The number of hydrogen-bond donors (Lipinski definition) is 0. The van der Waals surface area contributed by atoms with Crippen LogP contribution in [0.3, 0.4) is 0 Å². The molecule has 2 rings (SSSR count). The van der Waals surface area contributed by atoms with Crippen molar-refractivity contribution in [3.05, 3.63) is 43.0 Å². The molecule has 1 aliphatic carbocycles. The summed E-state index contributed by atoms with van der Waals surface area (Å²) in [4.78, 5) is 11.7. The van der Waals surface area contributed by atoms with Crippen molar-refractivity contribution in [3.8, 4) is 5.75 Å². The van der Waals surface area contributed by atoms with E-state index in [2.05, 4.69) is 6.58 Å². The highest BCUT2D eigenvalue weighted by molar-refractivity contribution is 7.55. The molecule has 0 N–H and O–H groups in total. The van der Waals surface area contributed by atoms with Crippen molar-refractivity contribution in [3.63, 3.8) is 0 Å². The number of esters is 1. The van der Waals surface area contributed by atoms with Gasteiger partial charge in [0.15, 0.2) is 6.10 Å². The second-order valence-corrected chi connectivity index (χ2v) is 7.28. The molecule has 0 aromatic heterocycles. The molecular weight excluding hydrogens is 303 g/mol. The Morgan fingerprint density at radius 2 is 2.14 bits per heavy atom. The van der Waals surface area contributed by atoms with Gasteiger partial charge in [0.05, 0.1) is 12.3 Å². The number of carbonyl (C=O) groups excluding carboxylic acids is 1. The van der Waals surface area contributed by atoms with E-state index in [9.17, 15) is 9.36 Å². The van der Waals surface area contributed by atoms with Crippen molar-refractivity contribution in [2.45, 2.75) is 32.0 Å². The van der Waals surface area contributed by atoms with E-state index in [1.807, 2.05) is 6.07 Å². The molecule has 120 valence electrons. The highest BCUT2D eigenvalue weighted by Crippen LogP contribution is 2.65. The van der Waals surface area contributed by atoms with Gasteiger partial charge in [-0.15, -0.1) is 6.58 Å². The monoisotopic (exact) mass is 324 g/mol. The minimum Gasteiger partial charge on any atom is -0.464 e. The van der Waals surface area contributed by atoms with Crippen LogP contribution in [0.15, 0.2) is 43.0 Å². The SMILES string of the molecule is C=C[C@@H]1C[C@@H]1P(=O)(Oc1ccccc1)O[C@@H](C)C(=O)OCC. The summed E-state index contributed by atoms with van der Waals surface area (Å²) in [6.07, 6.45) is 1.48. The maximum absolute atomic E-state index is 13.1. The Bertz CT molecular complexity index is 571. The van der Waals surface area contributed by atoms with Crippen LogP contribution in [-0.2, 0) is 18.6 Å². The number of benzene rings is 1. The number of carbonyl (C=O) groups is 1. The van der Waals surface area contributed by atoms with Gasteiger partial charge in [0.25, 0.3) is 0 Å². The molecule has 6 heteroatoms. The summed E-state index contributed by atoms with van der Waals surface area (Å²) in [5, 5.41) is 0. The first kappa shape index (κ1) is 16.8. The molecule has 1 fully saturated rings.